The third-order valence-corrected chi connectivity index (χ3v) is 21.3. The molecule has 0 radical (unpaired) electrons. The quantitative estimate of drug-likeness (QED) is 0.136. The zero-order valence-corrected chi connectivity index (χ0v) is 55.4. The van der Waals surface area contributed by atoms with Crippen LogP contribution in [-0.2, 0) is 0 Å². The Hall–Kier alpha value is -12.9. The first kappa shape index (κ1) is 58.5. The minimum absolute atomic E-state index is 0.644. The molecule has 14 aromatic carbocycles. The highest BCUT2D eigenvalue weighted by atomic mass is 32.1. The van der Waals surface area contributed by atoms with Crippen molar-refractivity contribution >= 4 is 107 Å². The van der Waals surface area contributed by atoms with Crippen LogP contribution in [0.3, 0.4) is 0 Å². The maximum atomic E-state index is 4.98. The molecule has 0 saturated heterocycles. The molecule has 20 rings (SSSR count). The Kier molecular flexibility index (Phi) is 14.4. The van der Waals surface area contributed by atoms with E-state index in [2.05, 4.69) is 228 Å². The second-order valence-electron chi connectivity index (χ2n) is 24.9. The lowest BCUT2D eigenvalue weighted by atomic mass is 10.0. The van der Waals surface area contributed by atoms with Gasteiger partial charge >= 0.3 is 0 Å². The molecule has 6 heterocycles. The smallest absolute Gasteiger partial charge is 0.164 e. The number of aromatic nitrogens is 8. The monoisotopic (exact) mass is 1310 g/mol. The highest BCUT2D eigenvalue weighted by Crippen LogP contribution is 2.46. The number of para-hydroxylation sites is 2. The van der Waals surface area contributed by atoms with Crippen molar-refractivity contribution in [3.05, 3.63) is 340 Å². The van der Waals surface area contributed by atoms with Crippen LogP contribution in [0.2, 0.25) is 0 Å². The predicted molar refractivity (Wildman–Crippen MR) is 418 cm³/mol. The van der Waals surface area contributed by atoms with E-state index in [-0.39, 0.29) is 0 Å². The fourth-order valence-electron chi connectivity index (χ4n) is 14.2. The first-order valence-electron chi connectivity index (χ1n) is 33.4. The maximum absolute atomic E-state index is 4.98. The van der Waals surface area contributed by atoms with Crippen molar-refractivity contribution in [2.45, 2.75) is 0 Å². The van der Waals surface area contributed by atoms with Crippen LogP contribution in [0.1, 0.15) is 0 Å². The zero-order valence-electron chi connectivity index (χ0n) is 53.7. The summed E-state index contributed by atoms with van der Waals surface area (Å²) in [6.07, 6.45) is 0. The Morgan fingerprint density at radius 3 is 0.940 bits per heavy atom. The second-order valence-corrected chi connectivity index (χ2v) is 27.0. The largest absolute Gasteiger partial charge is 0.309 e. The molecule has 8 nitrogen and oxygen atoms in total. The lowest BCUT2D eigenvalue weighted by Crippen LogP contribution is -2.00. The van der Waals surface area contributed by atoms with Gasteiger partial charge in [-0.2, -0.15) is 0 Å². The van der Waals surface area contributed by atoms with Gasteiger partial charge in [-0.25, -0.2) is 29.9 Å². The van der Waals surface area contributed by atoms with Crippen LogP contribution in [0.15, 0.2) is 340 Å². The summed E-state index contributed by atoms with van der Waals surface area (Å²) in [5.41, 5.74) is 17.3. The van der Waals surface area contributed by atoms with Crippen LogP contribution >= 0.6 is 22.7 Å². The average molecular weight is 1310 g/mol. The molecular formula is C90H56N8S2. The van der Waals surface area contributed by atoms with Gasteiger partial charge in [-0.05, 0) is 95.1 Å². The molecule has 0 atom stereocenters. The van der Waals surface area contributed by atoms with Gasteiger partial charge in [0.05, 0.1) is 22.1 Å². The van der Waals surface area contributed by atoms with E-state index < -0.39 is 0 Å². The molecule has 0 aliphatic carbocycles. The van der Waals surface area contributed by atoms with E-state index in [1.165, 1.54) is 84.0 Å². The lowest BCUT2D eigenvalue weighted by molar-refractivity contribution is 1.07. The van der Waals surface area contributed by atoms with Gasteiger partial charge < -0.3 is 9.13 Å². The van der Waals surface area contributed by atoms with Gasteiger partial charge in [0.25, 0.3) is 0 Å². The third kappa shape index (κ3) is 10.4. The lowest BCUT2D eigenvalue weighted by Gasteiger charge is -2.12. The second kappa shape index (κ2) is 24.7. The first-order chi connectivity index (χ1) is 49.6. The summed E-state index contributed by atoms with van der Waals surface area (Å²) in [7, 11) is 0. The minimum atomic E-state index is 0.644. The molecule has 0 unspecified atom stereocenters. The van der Waals surface area contributed by atoms with Crippen LogP contribution in [-0.4, -0.2) is 39.0 Å². The summed E-state index contributed by atoms with van der Waals surface area (Å²) < 4.78 is 10.1. The molecule has 100 heavy (non-hydrogen) atoms. The van der Waals surface area contributed by atoms with Crippen molar-refractivity contribution in [2.75, 3.05) is 0 Å². The first-order valence-corrected chi connectivity index (χ1v) is 35.0. The van der Waals surface area contributed by atoms with Gasteiger partial charge in [0.2, 0.25) is 0 Å². The summed E-state index contributed by atoms with van der Waals surface area (Å²) in [4.78, 5) is 29.6. The van der Waals surface area contributed by atoms with Gasteiger partial charge in [-0.3, -0.25) is 0 Å². The van der Waals surface area contributed by atoms with Crippen LogP contribution in [0.5, 0.6) is 0 Å². The summed E-state index contributed by atoms with van der Waals surface area (Å²) >= 11 is 3.77. The Balaban J connectivity index is 0.000000139. The molecule has 10 heteroatoms. The third-order valence-electron chi connectivity index (χ3n) is 18.9. The maximum Gasteiger partial charge on any atom is 0.164 e. The Morgan fingerprint density at radius 2 is 0.510 bits per heavy atom. The Labute approximate surface area is 583 Å². The van der Waals surface area contributed by atoms with Gasteiger partial charge in [0, 0.05) is 107 Å². The molecule has 0 aliphatic heterocycles. The van der Waals surface area contributed by atoms with E-state index in [4.69, 9.17) is 29.9 Å². The van der Waals surface area contributed by atoms with Crippen LogP contribution in [0.4, 0.5) is 0 Å². The van der Waals surface area contributed by atoms with Crippen LogP contribution in [0.25, 0.3) is 186 Å². The number of fused-ring (bicyclic) bond motifs is 14. The van der Waals surface area contributed by atoms with Gasteiger partial charge in [0.15, 0.2) is 34.9 Å². The standard InChI is InChI=1S/2C45H28N4S/c1-3-13-29(14-4-1)43-46-44(30-15-5-2-6-16-30)48-45(47-43)33-19-11-17-31(27-33)32-18-12-20-34(28-32)49-38-23-9-7-22-37(38)41-39(49)26-25-36-35-21-8-10-24-40(35)50-42(36)41;1-3-12-30(13-4-1)43-46-44(31-14-5-2-6-15-31)48-45(47-43)33-17-11-16-32(28-33)29-22-24-34(25-23-29)49-38-20-9-7-19-37(38)41-39(49)27-26-36-35-18-8-10-21-40(35)50-42(36)41/h2*1-28H. The summed E-state index contributed by atoms with van der Waals surface area (Å²) in [6.45, 7) is 0. The zero-order chi connectivity index (χ0) is 66.0. The topological polar surface area (TPSA) is 87.2 Å². The molecule has 20 aromatic rings. The van der Waals surface area contributed by atoms with Crippen LogP contribution in [0, 0.1) is 0 Å². The molecule has 0 N–H and O–H groups in total. The van der Waals surface area contributed by atoms with E-state index >= 15 is 0 Å². The highest BCUT2D eigenvalue weighted by molar-refractivity contribution is 7.27. The number of hydrogen-bond donors (Lipinski definition) is 0. The molecule has 0 saturated carbocycles. The van der Waals surface area contributed by atoms with E-state index in [0.717, 1.165) is 67.0 Å². The Bertz CT molecular complexity index is 6400. The number of rotatable bonds is 10. The fourth-order valence-corrected chi connectivity index (χ4v) is 16.7. The van der Waals surface area contributed by atoms with Gasteiger partial charge in [0.1, 0.15) is 0 Å². The average Bonchev–Trinajstić information content (AvgIpc) is 1.57. The normalized spacial score (nSPS) is 11.6. The van der Waals surface area contributed by atoms with Crippen molar-refractivity contribution in [1.29, 1.82) is 0 Å². The van der Waals surface area contributed by atoms with E-state index in [0.29, 0.717) is 34.9 Å². The van der Waals surface area contributed by atoms with Crippen molar-refractivity contribution in [3.8, 4) is 102 Å². The molecule has 0 fully saturated rings. The van der Waals surface area contributed by atoms with Crippen molar-refractivity contribution in [1.82, 2.24) is 39.0 Å². The molecule has 0 amide bonds. The van der Waals surface area contributed by atoms with E-state index in [1.54, 1.807) is 0 Å². The summed E-state index contributed by atoms with van der Waals surface area (Å²) in [5, 5.41) is 10.4. The molecule has 0 aliphatic rings. The number of benzene rings is 14. The van der Waals surface area contributed by atoms with Gasteiger partial charge in [-0.15, -0.1) is 22.7 Å². The van der Waals surface area contributed by atoms with Gasteiger partial charge in [-0.1, -0.05) is 267 Å². The van der Waals surface area contributed by atoms with Crippen molar-refractivity contribution in [2.24, 2.45) is 0 Å². The van der Waals surface area contributed by atoms with Crippen LogP contribution < -0.4 is 0 Å². The number of hydrogen-bond acceptors (Lipinski definition) is 8. The highest BCUT2D eigenvalue weighted by Gasteiger charge is 2.22. The fraction of sp³-hybridized carbons (Fsp3) is 0. The molecule has 468 valence electrons. The SMILES string of the molecule is c1ccc(-c2nc(-c3ccccc3)nc(-c3cccc(-c4ccc(-n5c6ccccc6c6c7sc8ccccc8c7ccc65)cc4)c3)n2)cc1.c1ccc(-c2nc(-c3ccccc3)nc(-c3cccc(-c4cccc(-n5c6ccccc6c6c7sc8ccccc8c7ccc65)c4)c3)n2)cc1. The molecular weight excluding hydrogens is 1260 g/mol. The molecule has 6 aromatic heterocycles. The minimum Gasteiger partial charge on any atom is -0.309 e. The molecule has 0 bridgehead atoms. The summed E-state index contributed by atoms with van der Waals surface area (Å²) in [6, 6.07) is 119. The molecule has 0 spiro atoms. The van der Waals surface area contributed by atoms with Crippen molar-refractivity contribution in [3.63, 3.8) is 0 Å². The summed E-state index contributed by atoms with van der Waals surface area (Å²) in [5.74, 6) is 3.91. The Morgan fingerprint density at radius 1 is 0.190 bits per heavy atom. The number of nitrogens with zero attached hydrogens (tertiary/aromatic N) is 8. The van der Waals surface area contributed by atoms with E-state index in [1.807, 2.05) is 144 Å². The van der Waals surface area contributed by atoms with E-state index in [9.17, 15) is 0 Å². The van der Waals surface area contributed by atoms with Crippen molar-refractivity contribution < 1.29 is 0 Å². The predicted octanol–water partition coefficient (Wildman–Crippen LogP) is 24.0. The number of thiophene rings is 2.